The van der Waals surface area contributed by atoms with E-state index in [1.54, 1.807) is 0 Å². The molecule has 0 saturated heterocycles. The zero-order valence-corrected chi connectivity index (χ0v) is 10.8. The van der Waals surface area contributed by atoms with Crippen LogP contribution in [0.4, 0.5) is 0 Å². The first-order valence-corrected chi connectivity index (χ1v) is 6.68. The van der Waals surface area contributed by atoms with Crippen LogP contribution in [0.2, 0.25) is 0 Å². The van der Waals surface area contributed by atoms with Crippen LogP contribution >= 0.6 is 0 Å². The van der Waals surface area contributed by atoms with Crippen LogP contribution in [0.15, 0.2) is 4.52 Å². The van der Waals surface area contributed by atoms with Crippen molar-refractivity contribution in [2.45, 2.75) is 59.3 Å². The minimum Gasteiger partial charge on any atom is -0.361 e. The smallest absolute Gasteiger partial charge is 0.140 e. The number of hydrogen-bond donors (Lipinski definition) is 0. The summed E-state index contributed by atoms with van der Waals surface area (Å²) in [6, 6.07) is 0. The molecular formula is C14H23NO. The molecule has 0 bridgehead atoms. The minimum atomic E-state index is 0.801. The quantitative estimate of drug-likeness (QED) is 0.759. The summed E-state index contributed by atoms with van der Waals surface area (Å²) >= 11 is 0. The van der Waals surface area contributed by atoms with Gasteiger partial charge in [0.2, 0.25) is 0 Å². The van der Waals surface area contributed by atoms with Crippen molar-refractivity contribution in [2.24, 2.45) is 11.8 Å². The van der Waals surface area contributed by atoms with Gasteiger partial charge in [-0.1, -0.05) is 25.9 Å². The molecule has 1 aromatic heterocycles. The Balaban J connectivity index is 2.13. The Labute approximate surface area is 98.4 Å². The molecule has 16 heavy (non-hydrogen) atoms. The lowest BCUT2D eigenvalue weighted by molar-refractivity contribution is 0.300. The largest absolute Gasteiger partial charge is 0.361 e. The van der Waals surface area contributed by atoms with Crippen molar-refractivity contribution in [3.63, 3.8) is 0 Å². The van der Waals surface area contributed by atoms with Crippen molar-refractivity contribution in [2.75, 3.05) is 0 Å². The second-order valence-corrected chi connectivity index (χ2v) is 5.32. The highest BCUT2D eigenvalue weighted by molar-refractivity contribution is 5.24. The van der Waals surface area contributed by atoms with Crippen LogP contribution < -0.4 is 0 Å². The summed E-state index contributed by atoms with van der Waals surface area (Å²) < 4.78 is 5.49. The normalized spacial score (nSPS) is 21.6. The molecule has 0 N–H and O–H groups in total. The summed E-state index contributed by atoms with van der Waals surface area (Å²) in [5, 5.41) is 4.19. The van der Waals surface area contributed by atoms with Gasteiger partial charge in [-0.2, -0.15) is 0 Å². The molecule has 1 aromatic rings. The predicted molar refractivity (Wildman–Crippen MR) is 65.5 cm³/mol. The Morgan fingerprint density at radius 1 is 1.31 bits per heavy atom. The van der Waals surface area contributed by atoms with Crippen molar-refractivity contribution in [3.8, 4) is 0 Å². The highest BCUT2D eigenvalue weighted by atomic mass is 16.5. The second kappa shape index (κ2) is 5.03. The van der Waals surface area contributed by atoms with Crippen molar-refractivity contribution >= 4 is 0 Å². The Hall–Kier alpha value is -0.790. The van der Waals surface area contributed by atoms with Crippen LogP contribution in [0.25, 0.3) is 0 Å². The topological polar surface area (TPSA) is 26.0 Å². The van der Waals surface area contributed by atoms with E-state index in [0.717, 1.165) is 24.7 Å². The third kappa shape index (κ3) is 2.31. The first kappa shape index (κ1) is 11.7. The number of fused-ring (bicyclic) bond motifs is 1. The van der Waals surface area contributed by atoms with E-state index in [4.69, 9.17) is 4.52 Å². The summed E-state index contributed by atoms with van der Waals surface area (Å²) in [4.78, 5) is 0. The lowest BCUT2D eigenvalue weighted by atomic mass is 9.83. The van der Waals surface area contributed by atoms with Gasteiger partial charge in [-0.05, 0) is 43.9 Å². The van der Waals surface area contributed by atoms with Crippen molar-refractivity contribution in [1.82, 2.24) is 5.16 Å². The maximum Gasteiger partial charge on any atom is 0.140 e. The predicted octanol–water partition coefficient (Wildman–Crippen LogP) is 3.78. The number of nitrogens with zero attached hydrogens (tertiary/aromatic N) is 1. The summed E-state index contributed by atoms with van der Waals surface area (Å²) in [5.41, 5.74) is 2.61. The maximum atomic E-state index is 5.49. The van der Waals surface area contributed by atoms with Crippen molar-refractivity contribution in [3.05, 3.63) is 17.0 Å². The van der Waals surface area contributed by atoms with E-state index >= 15 is 0 Å². The molecular weight excluding hydrogens is 198 g/mol. The molecule has 90 valence electrons. The molecule has 1 unspecified atom stereocenters. The Bertz CT molecular complexity index is 341. The van der Waals surface area contributed by atoms with Gasteiger partial charge >= 0.3 is 0 Å². The maximum absolute atomic E-state index is 5.49. The van der Waals surface area contributed by atoms with Crippen molar-refractivity contribution in [1.29, 1.82) is 0 Å². The molecule has 0 saturated carbocycles. The van der Waals surface area contributed by atoms with E-state index < -0.39 is 0 Å². The fraction of sp³-hybridized carbons (Fsp3) is 0.786. The molecule has 0 aliphatic heterocycles. The monoisotopic (exact) mass is 221 g/mol. The van der Waals surface area contributed by atoms with Crippen molar-refractivity contribution < 1.29 is 4.52 Å². The molecule has 1 heterocycles. The number of hydrogen-bond acceptors (Lipinski definition) is 2. The van der Waals surface area contributed by atoms with E-state index in [0.29, 0.717) is 0 Å². The zero-order valence-electron chi connectivity index (χ0n) is 10.8. The van der Waals surface area contributed by atoms with Gasteiger partial charge in [0.15, 0.2) is 0 Å². The molecule has 2 nitrogen and oxygen atoms in total. The highest BCUT2D eigenvalue weighted by Gasteiger charge is 2.21. The fourth-order valence-corrected chi connectivity index (χ4v) is 2.81. The van der Waals surface area contributed by atoms with Crippen LogP contribution in [-0.4, -0.2) is 5.16 Å². The first-order valence-electron chi connectivity index (χ1n) is 6.68. The molecule has 1 aliphatic carbocycles. The Morgan fingerprint density at radius 3 is 2.81 bits per heavy atom. The van der Waals surface area contributed by atoms with E-state index in [9.17, 15) is 0 Å². The SMILES string of the molecule is CCc1noc2c1CCCC(C(C)C)CC2. The number of rotatable bonds is 2. The molecule has 1 aliphatic rings. The first-order chi connectivity index (χ1) is 7.72. The fourth-order valence-electron chi connectivity index (χ4n) is 2.81. The molecule has 0 aromatic carbocycles. The summed E-state index contributed by atoms with van der Waals surface area (Å²) in [5.74, 6) is 2.83. The van der Waals surface area contributed by atoms with Crippen LogP contribution in [-0.2, 0) is 19.3 Å². The van der Waals surface area contributed by atoms with Crippen LogP contribution in [0, 0.1) is 11.8 Å². The molecule has 0 spiro atoms. The third-order valence-corrected chi connectivity index (χ3v) is 3.97. The lowest BCUT2D eigenvalue weighted by Crippen LogP contribution is -2.13. The van der Waals surface area contributed by atoms with Gasteiger partial charge in [0.1, 0.15) is 5.76 Å². The minimum absolute atomic E-state index is 0.801. The Morgan fingerprint density at radius 2 is 2.12 bits per heavy atom. The third-order valence-electron chi connectivity index (χ3n) is 3.97. The number of aromatic nitrogens is 1. The summed E-state index contributed by atoms with van der Waals surface area (Å²) in [6.45, 7) is 6.84. The molecule has 0 radical (unpaired) electrons. The Kier molecular flexibility index (Phi) is 3.67. The average molecular weight is 221 g/mol. The van der Waals surface area contributed by atoms with E-state index in [-0.39, 0.29) is 0 Å². The standard InChI is InChI=1S/C14H23NO/c1-4-13-12-7-5-6-11(10(2)3)8-9-14(12)16-15-13/h10-11H,4-9H2,1-3H3. The molecule has 2 rings (SSSR count). The van der Waals surface area contributed by atoms with Gasteiger partial charge in [-0.25, -0.2) is 0 Å². The highest BCUT2D eigenvalue weighted by Crippen LogP contribution is 2.29. The van der Waals surface area contributed by atoms with Gasteiger partial charge < -0.3 is 4.52 Å². The molecule has 1 atom stereocenters. The lowest BCUT2D eigenvalue weighted by Gasteiger charge is -2.22. The molecule has 2 heteroatoms. The van der Waals surface area contributed by atoms with Gasteiger partial charge in [0.05, 0.1) is 5.69 Å². The molecule has 0 amide bonds. The van der Waals surface area contributed by atoms with Gasteiger partial charge in [0.25, 0.3) is 0 Å². The second-order valence-electron chi connectivity index (χ2n) is 5.32. The van der Waals surface area contributed by atoms with Gasteiger partial charge in [-0.3, -0.25) is 0 Å². The zero-order chi connectivity index (χ0) is 11.5. The van der Waals surface area contributed by atoms with Gasteiger partial charge in [-0.15, -0.1) is 0 Å². The van der Waals surface area contributed by atoms with E-state index in [2.05, 4.69) is 25.9 Å². The van der Waals surface area contributed by atoms with Gasteiger partial charge in [0, 0.05) is 12.0 Å². The summed E-state index contributed by atoms with van der Waals surface area (Å²) in [7, 11) is 0. The van der Waals surface area contributed by atoms with Crippen LogP contribution in [0.5, 0.6) is 0 Å². The summed E-state index contributed by atoms with van der Waals surface area (Å²) in [6.07, 6.45) is 7.20. The molecule has 0 fully saturated rings. The number of aryl methyl sites for hydroxylation is 2. The van der Waals surface area contributed by atoms with Crippen LogP contribution in [0.1, 0.15) is 57.1 Å². The van der Waals surface area contributed by atoms with E-state index in [1.165, 1.54) is 42.7 Å². The van der Waals surface area contributed by atoms with E-state index in [1.807, 2.05) is 0 Å². The van der Waals surface area contributed by atoms with Crippen LogP contribution in [0.3, 0.4) is 0 Å². The average Bonchev–Trinajstić information content (AvgIpc) is 2.59.